The fraction of sp³-hybridized carbons (Fsp3) is 0.625. The van der Waals surface area contributed by atoms with E-state index in [-0.39, 0.29) is 11.8 Å². The Morgan fingerprint density at radius 2 is 2.10 bits per heavy atom. The molecule has 0 bridgehead atoms. The number of nitrogens with one attached hydrogen (secondary N) is 1. The van der Waals surface area contributed by atoms with Crippen LogP contribution in [0.4, 0.5) is 0 Å². The molecule has 1 amide bonds. The molecule has 1 N–H and O–H groups in total. The number of carbonyl (C=O) groups is 1. The molecule has 0 aliphatic carbocycles. The van der Waals surface area contributed by atoms with Crippen molar-refractivity contribution in [2.24, 2.45) is 5.92 Å². The van der Waals surface area contributed by atoms with Crippen LogP contribution in [0.1, 0.15) is 18.9 Å². The maximum Gasteiger partial charge on any atom is 0.224 e. The summed E-state index contributed by atoms with van der Waals surface area (Å²) < 4.78 is 5.32. The molecule has 5 nitrogen and oxygen atoms in total. The molecule has 1 aliphatic rings. The molecular formula is C16H25N3O2. The molecule has 1 fully saturated rings. The van der Waals surface area contributed by atoms with Crippen molar-refractivity contribution in [2.75, 3.05) is 39.4 Å². The molecule has 1 aromatic heterocycles. The molecule has 0 radical (unpaired) electrons. The molecule has 0 saturated carbocycles. The Bertz CT molecular complexity index is 419. The minimum Gasteiger partial charge on any atom is -0.379 e. The molecular weight excluding hydrogens is 266 g/mol. The van der Waals surface area contributed by atoms with Gasteiger partial charge in [0.15, 0.2) is 0 Å². The Hall–Kier alpha value is -1.46. The Balaban J connectivity index is 1.60. The van der Waals surface area contributed by atoms with Crippen molar-refractivity contribution in [1.29, 1.82) is 0 Å². The molecule has 1 aliphatic heterocycles. The molecule has 0 unspecified atom stereocenters. The summed E-state index contributed by atoms with van der Waals surface area (Å²) in [7, 11) is 0. The van der Waals surface area contributed by atoms with E-state index in [0.29, 0.717) is 0 Å². The van der Waals surface area contributed by atoms with Gasteiger partial charge in [-0.05, 0) is 30.5 Å². The number of nitrogens with zero attached hydrogens (tertiary/aromatic N) is 2. The van der Waals surface area contributed by atoms with Crippen molar-refractivity contribution in [1.82, 2.24) is 15.2 Å². The van der Waals surface area contributed by atoms with E-state index in [0.717, 1.165) is 52.2 Å². The molecule has 116 valence electrons. The number of rotatable bonds is 7. The second-order valence-corrected chi connectivity index (χ2v) is 5.56. The minimum absolute atomic E-state index is 0.0315. The summed E-state index contributed by atoms with van der Waals surface area (Å²) in [4.78, 5) is 18.3. The first-order valence-electron chi connectivity index (χ1n) is 7.72. The van der Waals surface area contributed by atoms with Gasteiger partial charge in [0.1, 0.15) is 0 Å². The summed E-state index contributed by atoms with van der Waals surface area (Å²) in [5.41, 5.74) is 1.26. The summed E-state index contributed by atoms with van der Waals surface area (Å²) >= 11 is 0. The third-order valence-corrected chi connectivity index (χ3v) is 3.77. The van der Waals surface area contributed by atoms with Crippen molar-refractivity contribution in [2.45, 2.75) is 19.8 Å². The van der Waals surface area contributed by atoms with E-state index in [4.69, 9.17) is 4.74 Å². The lowest BCUT2D eigenvalue weighted by molar-refractivity contribution is -0.125. The average molecular weight is 291 g/mol. The van der Waals surface area contributed by atoms with Crippen LogP contribution >= 0.6 is 0 Å². The lowest BCUT2D eigenvalue weighted by Gasteiger charge is -2.28. The van der Waals surface area contributed by atoms with Crippen LogP contribution in [0.25, 0.3) is 0 Å². The van der Waals surface area contributed by atoms with Gasteiger partial charge in [-0.3, -0.25) is 14.7 Å². The zero-order chi connectivity index (χ0) is 14.9. The number of hydrogen-bond acceptors (Lipinski definition) is 4. The van der Waals surface area contributed by atoms with Crippen LogP contribution in [0.5, 0.6) is 0 Å². The molecule has 21 heavy (non-hydrogen) atoms. The van der Waals surface area contributed by atoms with E-state index in [1.54, 1.807) is 12.4 Å². The number of aryl methyl sites for hydroxylation is 1. The van der Waals surface area contributed by atoms with Gasteiger partial charge >= 0.3 is 0 Å². The first-order valence-corrected chi connectivity index (χ1v) is 7.72. The quantitative estimate of drug-likeness (QED) is 0.764. The van der Waals surface area contributed by atoms with Gasteiger partial charge in [0.05, 0.1) is 13.2 Å². The largest absolute Gasteiger partial charge is 0.379 e. The third kappa shape index (κ3) is 5.81. The highest BCUT2D eigenvalue weighted by atomic mass is 16.5. The molecule has 2 heterocycles. The van der Waals surface area contributed by atoms with Crippen LogP contribution < -0.4 is 5.32 Å². The Labute approximate surface area is 126 Å². The van der Waals surface area contributed by atoms with E-state index >= 15 is 0 Å². The summed E-state index contributed by atoms with van der Waals surface area (Å²) in [6.07, 6.45) is 5.54. The standard InChI is InChI=1S/C16H25N3O2/c1-14(13-19-9-11-21-12-10-19)16(20)18-6-2-3-15-4-7-17-8-5-15/h4-5,7-8,14H,2-3,6,9-13H2,1H3,(H,18,20)/t14-/m1/s1. The number of aromatic nitrogens is 1. The van der Waals surface area contributed by atoms with Gasteiger partial charge in [-0.25, -0.2) is 0 Å². The van der Waals surface area contributed by atoms with Crippen LogP contribution in [-0.2, 0) is 16.0 Å². The summed E-state index contributed by atoms with van der Waals surface area (Å²) in [5, 5.41) is 3.03. The van der Waals surface area contributed by atoms with Crippen LogP contribution in [0, 0.1) is 5.92 Å². The van der Waals surface area contributed by atoms with E-state index in [2.05, 4.69) is 15.2 Å². The molecule has 1 atom stereocenters. The first kappa shape index (κ1) is 15.9. The Kier molecular flexibility index (Phi) is 6.63. The number of hydrogen-bond donors (Lipinski definition) is 1. The van der Waals surface area contributed by atoms with Crippen molar-refractivity contribution < 1.29 is 9.53 Å². The van der Waals surface area contributed by atoms with Gasteiger partial charge in [0.25, 0.3) is 0 Å². The molecule has 2 rings (SSSR count). The van der Waals surface area contributed by atoms with Gasteiger partial charge in [0, 0.05) is 44.5 Å². The predicted molar refractivity (Wildman–Crippen MR) is 82.0 cm³/mol. The zero-order valence-electron chi connectivity index (χ0n) is 12.8. The third-order valence-electron chi connectivity index (χ3n) is 3.77. The van der Waals surface area contributed by atoms with Crippen LogP contribution in [-0.4, -0.2) is 55.2 Å². The van der Waals surface area contributed by atoms with Crippen LogP contribution in [0.15, 0.2) is 24.5 Å². The lowest BCUT2D eigenvalue weighted by atomic mass is 10.1. The van der Waals surface area contributed by atoms with Crippen molar-refractivity contribution >= 4 is 5.91 Å². The highest BCUT2D eigenvalue weighted by Crippen LogP contribution is 2.04. The van der Waals surface area contributed by atoms with E-state index < -0.39 is 0 Å². The number of carbonyl (C=O) groups excluding carboxylic acids is 1. The predicted octanol–water partition coefficient (Wildman–Crippen LogP) is 1.10. The molecule has 1 saturated heterocycles. The first-order chi connectivity index (χ1) is 10.3. The summed E-state index contributed by atoms with van der Waals surface area (Å²) in [6, 6.07) is 4.03. The minimum atomic E-state index is 0.0315. The normalized spacial score (nSPS) is 17.4. The van der Waals surface area contributed by atoms with E-state index in [1.165, 1.54) is 5.56 Å². The van der Waals surface area contributed by atoms with Gasteiger partial charge in [-0.1, -0.05) is 6.92 Å². The van der Waals surface area contributed by atoms with E-state index in [9.17, 15) is 4.79 Å². The number of morpholine rings is 1. The maximum absolute atomic E-state index is 12.0. The summed E-state index contributed by atoms with van der Waals surface area (Å²) in [5.74, 6) is 0.181. The number of ether oxygens (including phenoxy) is 1. The van der Waals surface area contributed by atoms with Gasteiger partial charge in [0.2, 0.25) is 5.91 Å². The second kappa shape index (κ2) is 8.74. The Morgan fingerprint density at radius 3 is 2.81 bits per heavy atom. The smallest absolute Gasteiger partial charge is 0.224 e. The lowest BCUT2D eigenvalue weighted by Crippen LogP contribution is -2.42. The fourth-order valence-corrected chi connectivity index (χ4v) is 2.48. The SMILES string of the molecule is C[C@H](CN1CCOCC1)C(=O)NCCCc1ccncc1. The molecule has 1 aromatic rings. The molecule has 5 heteroatoms. The van der Waals surface area contributed by atoms with Gasteiger partial charge in [-0.15, -0.1) is 0 Å². The highest BCUT2D eigenvalue weighted by molar-refractivity contribution is 5.78. The molecule has 0 spiro atoms. The van der Waals surface area contributed by atoms with Gasteiger partial charge < -0.3 is 10.1 Å². The summed E-state index contributed by atoms with van der Waals surface area (Å²) in [6.45, 7) is 6.96. The molecule has 0 aromatic carbocycles. The Morgan fingerprint density at radius 1 is 1.38 bits per heavy atom. The van der Waals surface area contributed by atoms with Crippen LogP contribution in [0.2, 0.25) is 0 Å². The topological polar surface area (TPSA) is 54.5 Å². The van der Waals surface area contributed by atoms with E-state index in [1.807, 2.05) is 19.1 Å². The maximum atomic E-state index is 12.0. The van der Waals surface area contributed by atoms with Crippen molar-refractivity contribution in [3.63, 3.8) is 0 Å². The van der Waals surface area contributed by atoms with Crippen molar-refractivity contribution in [3.05, 3.63) is 30.1 Å². The highest BCUT2D eigenvalue weighted by Gasteiger charge is 2.18. The zero-order valence-corrected chi connectivity index (χ0v) is 12.8. The van der Waals surface area contributed by atoms with Crippen LogP contribution in [0.3, 0.4) is 0 Å². The van der Waals surface area contributed by atoms with Gasteiger partial charge in [-0.2, -0.15) is 0 Å². The second-order valence-electron chi connectivity index (χ2n) is 5.56. The van der Waals surface area contributed by atoms with Crippen molar-refractivity contribution in [3.8, 4) is 0 Å². The average Bonchev–Trinajstić information content (AvgIpc) is 2.53. The number of amides is 1. The monoisotopic (exact) mass is 291 g/mol. The number of pyridine rings is 1. The fourth-order valence-electron chi connectivity index (χ4n) is 2.48.